The molecule has 0 radical (unpaired) electrons. The van der Waals surface area contributed by atoms with Gasteiger partial charge in [-0.2, -0.15) is 18.4 Å². The van der Waals surface area contributed by atoms with Crippen LogP contribution in [-0.4, -0.2) is 76.8 Å². The van der Waals surface area contributed by atoms with Crippen LogP contribution in [0.3, 0.4) is 0 Å². The van der Waals surface area contributed by atoms with E-state index >= 15 is 0 Å². The Kier molecular flexibility index (Phi) is 10.1. The minimum absolute atomic E-state index is 0.00695. The Balaban J connectivity index is 1.84. The molecule has 3 fully saturated rings. The summed E-state index contributed by atoms with van der Waals surface area (Å²) in [6.45, 7) is 2.02. The Hall–Kier alpha value is -2.53. The summed E-state index contributed by atoms with van der Waals surface area (Å²) in [6.07, 6.45) is -6.69. The first-order chi connectivity index (χ1) is 18.3. The number of carbonyl (C=O) groups is 3. The fraction of sp³-hybridized carbons (Fsp3) is 0.840. The van der Waals surface area contributed by atoms with Crippen LogP contribution in [0.5, 0.6) is 0 Å². The molecule has 39 heavy (non-hydrogen) atoms. The number of carbonyl (C=O) groups excluding carboxylic acids is 3. The Morgan fingerprint density at radius 1 is 1.21 bits per heavy atom. The first kappa shape index (κ1) is 31.0. The van der Waals surface area contributed by atoms with E-state index in [0.717, 1.165) is 11.3 Å². The molecular weight excluding hydrogens is 529 g/mol. The Morgan fingerprint density at radius 3 is 2.44 bits per heavy atom. The summed E-state index contributed by atoms with van der Waals surface area (Å²) in [5, 5.41) is 26.2. The second kappa shape index (κ2) is 12.8. The van der Waals surface area contributed by atoms with Gasteiger partial charge in [0.15, 0.2) is 0 Å². The van der Waals surface area contributed by atoms with Crippen molar-refractivity contribution in [1.82, 2.24) is 20.9 Å². The first-order valence-corrected chi connectivity index (χ1v) is 13.4. The molecule has 0 spiro atoms. The highest BCUT2D eigenvalue weighted by Gasteiger charge is 2.52. The van der Waals surface area contributed by atoms with Crippen LogP contribution in [0.1, 0.15) is 71.1 Å². The molecule has 3 rings (SSSR count). The Labute approximate surface area is 223 Å². The molecule has 0 aromatic carbocycles. The number of nitrogens with one attached hydrogen (secondary N) is 3. The minimum atomic E-state index is -5.07. The maximum atomic E-state index is 14.7. The number of nitrogens with zero attached hydrogens (tertiary/aromatic N) is 2. The summed E-state index contributed by atoms with van der Waals surface area (Å²) in [4.78, 5) is 40.0. The first-order valence-electron chi connectivity index (χ1n) is 13.4. The molecule has 3 amide bonds. The third-order valence-electron chi connectivity index (χ3n) is 7.94. The van der Waals surface area contributed by atoms with Crippen molar-refractivity contribution < 1.29 is 41.4 Å². The number of amides is 3. The van der Waals surface area contributed by atoms with Gasteiger partial charge in [-0.1, -0.05) is 26.2 Å². The molecule has 2 heterocycles. The van der Waals surface area contributed by atoms with Gasteiger partial charge in [-0.05, 0) is 38.0 Å². The van der Waals surface area contributed by atoms with Crippen molar-refractivity contribution in [3.8, 4) is 6.07 Å². The highest BCUT2D eigenvalue weighted by molar-refractivity contribution is 5.91. The maximum Gasteiger partial charge on any atom is 0.427 e. The predicted octanol–water partition coefficient (Wildman–Crippen LogP) is 2.35. The van der Waals surface area contributed by atoms with Crippen molar-refractivity contribution in [1.29, 1.82) is 5.26 Å². The number of hydrogen-bond donors (Lipinski definition) is 4. The molecule has 0 bridgehead atoms. The van der Waals surface area contributed by atoms with Crippen molar-refractivity contribution in [2.75, 3.05) is 6.54 Å². The van der Waals surface area contributed by atoms with Gasteiger partial charge in [0.1, 0.15) is 12.1 Å². The summed E-state index contributed by atoms with van der Waals surface area (Å²) in [5.74, 6) is -6.29. The van der Waals surface area contributed by atoms with E-state index in [4.69, 9.17) is 0 Å². The molecule has 2 aliphatic heterocycles. The quantitative estimate of drug-likeness (QED) is 0.237. The number of likely N-dealkylation sites (tertiary alicyclic amines) is 1. The lowest BCUT2D eigenvalue weighted by molar-refractivity contribution is -0.217. The number of halogens is 5. The monoisotopic (exact) mass is 565 g/mol. The molecule has 0 aromatic rings. The number of alkyl halides is 5. The molecule has 1 aliphatic carbocycles. The normalized spacial score (nSPS) is 27.9. The van der Waals surface area contributed by atoms with Gasteiger partial charge in [0.25, 0.3) is 5.92 Å². The van der Waals surface area contributed by atoms with Crippen LogP contribution in [0.25, 0.3) is 0 Å². The van der Waals surface area contributed by atoms with E-state index in [9.17, 15) is 46.7 Å². The van der Waals surface area contributed by atoms with Crippen LogP contribution in [-0.2, 0) is 14.4 Å². The molecule has 6 atom stereocenters. The minimum Gasteiger partial charge on any atom is -0.370 e. The van der Waals surface area contributed by atoms with Crippen molar-refractivity contribution in [2.24, 2.45) is 11.8 Å². The molecule has 1 unspecified atom stereocenters. The molecule has 14 heteroatoms. The third kappa shape index (κ3) is 8.00. The van der Waals surface area contributed by atoms with E-state index in [-0.39, 0.29) is 31.1 Å². The lowest BCUT2D eigenvalue weighted by Gasteiger charge is -2.46. The van der Waals surface area contributed by atoms with Crippen molar-refractivity contribution in [3.05, 3.63) is 0 Å². The lowest BCUT2D eigenvalue weighted by atomic mass is 9.80. The SMILES string of the molecule is CC[C@H]1CC(F)(F)C[C@@H](C(=O)N[C@H](C#N)C[C@@H]2CCCNC2=O)N1C(=O)[C@H](CC1CCC1)NC(O)C(F)(F)F. The largest absolute Gasteiger partial charge is 0.427 e. The third-order valence-corrected chi connectivity index (χ3v) is 7.94. The van der Waals surface area contributed by atoms with Crippen LogP contribution in [0.4, 0.5) is 22.0 Å². The van der Waals surface area contributed by atoms with Crippen LogP contribution >= 0.6 is 0 Å². The summed E-state index contributed by atoms with van der Waals surface area (Å²) >= 11 is 0. The molecule has 220 valence electrons. The number of piperidine rings is 2. The van der Waals surface area contributed by atoms with Gasteiger partial charge in [-0.25, -0.2) is 8.78 Å². The number of rotatable bonds is 10. The van der Waals surface area contributed by atoms with E-state index in [1.54, 1.807) is 0 Å². The second-order valence-corrected chi connectivity index (χ2v) is 10.8. The highest BCUT2D eigenvalue weighted by atomic mass is 19.4. The van der Waals surface area contributed by atoms with E-state index < -0.39 is 73.1 Å². The maximum absolute atomic E-state index is 14.7. The number of aliphatic hydroxyl groups excluding tert-OH is 1. The van der Waals surface area contributed by atoms with E-state index in [2.05, 4.69) is 10.6 Å². The Bertz CT molecular complexity index is 939. The molecule has 1 saturated carbocycles. The van der Waals surface area contributed by atoms with Crippen molar-refractivity contribution >= 4 is 17.7 Å². The van der Waals surface area contributed by atoms with Crippen LogP contribution < -0.4 is 16.0 Å². The van der Waals surface area contributed by atoms with Gasteiger partial charge in [0, 0.05) is 31.3 Å². The van der Waals surface area contributed by atoms with Crippen molar-refractivity contribution in [2.45, 2.75) is 114 Å². The number of hydrogen-bond acceptors (Lipinski definition) is 6. The van der Waals surface area contributed by atoms with E-state index in [0.29, 0.717) is 32.2 Å². The summed E-state index contributed by atoms with van der Waals surface area (Å²) in [5.41, 5.74) is 0. The molecule has 3 aliphatic rings. The molecule has 0 aromatic heterocycles. The van der Waals surface area contributed by atoms with Crippen LogP contribution in [0.2, 0.25) is 0 Å². The summed E-state index contributed by atoms with van der Waals surface area (Å²) in [7, 11) is 0. The predicted molar refractivity (Wildman–Crippen MR) is 128 cm³/mol. The number of aliphatic hydroxyl groups is 1. The summed E-state index contributed by atoms with van der Waals surface area (Å²) in [6, 6.07) is -3.80. The van der Waals surface area contributed by atoms with Gasteiger partial charge in [0.05, 0.1) is 12.1 Å². The van der Waals surface area contributed by atoms with Gasteiger partial charge >= 0.3 is 6.18 Å². The average Bonchev–Trinajstić information content (AvgIpc) is 2.83. The fourth-order valence-corrected chi connectivity index (χ4v) is 5.58. The molecule has 9 nitrogen and oxygen atoms in total. The smallest absolute Gasteiger partial charge is 0.370 e. The van der Waals surface area contributed by atoms with Gasteiger partial charge in [-0.15, -0.1) is 0 Å². The number of nitriles is 1. The fourth-order valence-electron chi connectivity index (χ4n) is 5.58. The topological polar surface area (TPSA) is 135 Å². The van der Waals surface area contributed by atoms with Gasteiger partial charge in [-0.3, -0.25) is 19.7 Å². The zero-order valence-electron chi connectivity index (χ0n) is 21.8. The van der Waals surface area contributed by atoms with Crippen LogP contribution in [0.15, 0.2) is 0 Å². The molecule has 2 saturated heterocycles. The molecule has 4 N–H and O–H groups in total. The summed E-state index contributed by atoms with van der Waals surface area (Å²) < 4.78 is 68.9. The van der Waals surface area contributed by atoms with Crippen LogP contribution in [0, 0.1) is 23.2 Å². The van der Waals surface area contributed by atoms with Gasteiger partial charge in [0.2, 0.25) is 23.9 Å². The average molecular weight is 566 g/mol. The highest BCUT2D eigenvalue weighted by Crippen LogP contribution is 2.39. The van der Waals surface area contributed by atoms with Crippen molar-refractivity contribution in [3.63, 3.8) is 0 Å². The zero-order chi connectivity index (χ0) is 29.0. The van der Waals surface area contributed by atoms with E-state index in [1.165, 1.54) is 6.92 Å². The second-order valence-electron chi connectivity index (χ2n) is 10.8. The molecular formula is C25H36F5N5O4. The zero-order valence-corrected chi connectivity index (χ0v) is 21.8. The van der Waals surface area contributed by atoms with Gasteiger partial charge < -0.3 is 20.6 Å². The lowest BCUT2D eigenvalue weighted by Crippen LogP contribution is -2.65. The Morgan fingerprint density at radius 2 is 1.90 bits per heavy atom. The van der Waals surface area contributed by atoms with E-state index in [1.807, 2.05) is 11.4 Å². The standard InChI is InChI=1S/C25H36F5N5O4/c1-2-17-11-24(26,27)12-19(21(37)33-16(13-31)10-15-7-4-8-32-20(15)36)35(17)22(38)18(9-14-5-3-6-14)34-23(39)25(28,29)30/h14-19,23,34,39H,2-12H2,1H3,(H,32,36)(H,33,37)/t15-,16-,17-,18-,19-,23?/m0/s1.